The van der Waals surface area contributed by atoms with Crippen molar-refractivity contribution < 1.29 is 19.2 Å². The highest BCUT2D eigenvalue weighted by Crippen LogP contribution is 2.34. The first-order valence-corrected chi connectivity index (χ1v) is 5.46. The summed E-state index contributed by atoms with van der Waals surface area (Å²) in [5, 5.41) is 0. The van der Waals surface area contributed by atoms with Crippen molar-refractivity contribution in [2.45, 2.75) is 19.6 Å². The molecule has 86 valence electrons. The zero-order valence-corrected chi connectivity index (χ0v) is 9.14. The molecule has 2 unspecified atom stereocenters. The Morgan fingerprint density at radius 1 is 1.31 bits per heavy atom. The van der Waals surface area contributed by atoms with Crippen LogP contribution in [0.25, 0.3) is 0 Å². The minimum Gasteiger partial charge on any atom is -0.355 e. The van der Waals surface area contributed by atoms with Crippen LogP contribution < -0.4 is 4.89 Å². The second-order valence-corrected chi connectivity index (χ2v) is 4.27. The van der Waals surface area contributed by atoms with Gasteiger partial charge in [-0.05, 0) is 11.6 Å². The lowest BCUT2D eigenvalue weighted by Crippen LogP contribution is -2.25. The van der Waals surface area contributed by atoms with Gasteiger partial charge >= 0.3 is 0 Å². The lowest BCUT2D eigenvalue weighted by Gasteiger charge is -2.29. The molecule has 2 atom stereocenters. The average molecular weight is 222 g/mol. The summed E-state index contributed by atoms with van der Waals surface area (Å²) in [6.45, 7) is 3.75. The fraction of sp³-hybridized carbons (Fsp3) is 0.500. The number of rotatable bonds is 1. The number of hydrogen-bond acceptors (Lipinski definition) is 4. The summed E-state index contributed by atoms with van der Waals surface area (Å²) in [5.74, 6) is 1.16. The van der Waals surface area contributed by atoms with Gasteiger partial charge in [0.2, 0.25) is 0 Å². The molecule has 3 rings (SSSR count). The third-order valence-corrected chi connectivity index (χ3v) is 3.01. The molecule has 2 heterocycles. The Balaban J connectivity index is 1.88. The Morgan fingerprint density at radius 2 is 2.25 bits per heavy atom. The van der Waals surface area contributed by atoms with Crippen molar-refractivity contribution >= 4 is 0 Å². The molecule has 0 aromatic heterocycles. The maximum Gasteiger partial charge on any atom is 0.171 e. The topological polar surface area (TPSA) is 36.9 Å². The third-order valence-electron chi connectivity index (χ3n) is 3.01. The van der Waals surface area contributed by atoms with Gasteiger partial charge in [0.25, 0.3) is 0 Å². The van der Waals surface area contributed by atoms with E-state index in [1.54, 1.807) is 0 Å². The Bertz CT molecular complexity index is 391. The quantitative estimate of drug-likeness (QED) is 0.682. The van der Waals surface area contributed by atoms with E-state index in [0.717, 1.165) is 23.5 Å². The molecule has 1 aromatic carbocycles. The number of ether oxygens (including phenoxy) is 2. The summed E-state index contributed by atoms with van der Waals surface area (Å²) in [5.41, 5.74) is 2.21. The van der Waals surface area contributed by atoms with Gasteiger partial charge in [-0.3, -0.25) is 0 Å². The maximum absolute atomic E-state index is 5.62. The lowest BCUT2D eigenvalue weighted by molar-refractivity contribution is -0.194. The predicted octanol–water partition coefficient (Wildman–Crippen LogP) is 2.19. The zero-order chi connectivity index (χ0) is 11.0. The normalized spacial score (nSPS) is 28.6. The SMILES string of the molecule is CC1COCOC1c1ccc2c(c1)OOC2. The molecular weight excluding hydrogens is 208 g/mol. The van der Waals surface area contributed by atoms with Crippen molar-refractivity contribution in [2.75, 3.05) is 13.4 Å². The van der Waals surface area contributed by atoms with Gasteiger partial charge in [0, 0.05) is 11.5 Å². The van der Waals surface area contributed by atoms with E-state index in [1.807, 2.05) is 12.1 Å². The van der Waals surface area contributed by atoms with Gasteiger partial charge in [-0.2, -0.15) is 4.89 Å². The Hall–Kier alpha value is -1.10. The summed E-state index contributed by atoms with van der Waals surface area (Å²) in [6.07, 6.45) is 0.0863. The molecule has 4 nitrogen and oxygen atoms in total. The summed E-state index contributed by atoms with van der Waals surface area (Å²) in [4.78, 5) is 10.00. The van der Waals surface area contributed by atoms with Crippen LogP contribution in [-0.2, 0) is 21.0 Å². The maximum atomic E-state index is 5.62. The Morgan fingerprint density at radius 3 is 3.12 bits per heavy atom. The molecule has 0 bridgehead atoms. The molecule has 2 aliphatic heterocycles. The third kappa shape index (κ3) is 1.69. The van der Waals surface area contributed by atoms with E-state index in [0.29, 0.717) is 19.3 Å². The largest absolute Gasteiger partial charge is 0.355 e. The van der Waals surface area contributed by atoms with Crippen LogP contribution in [0.15, 0.2) is 18.2 Å². The van der Waals surface area contributed by atoms with Crippen LogP contribution in [0.2, 0.25) is 0 Å². The van der Waals surface area contributed by atoms with Crippen molar-refractivity contribution in [3.05, 3.63) is 29.3 Å². The molecule has 0 aliphatic carbocycles. The molecule has 2 aliphatic rings. The standard InChI is InChI=1S/C12H14O4/c1-8-5-13-7-14-12(8)9-2-3-10-6-15-16-11(10)4-9/h2-4,8,12H,5-7H2,1H3. The van der Waals surface area contributed by atoms with Gasteiger partial charge in [0.15, 0.2) is 5.75 Å². The van der Waals surface area contributed by atoms with E-state index >= 15 is 0 Å². The van der Waals surface area contributed by atoms with Gasteiger partial charge in [0.05, 0.1) is 12.7 Å². The van der Waals surface area contributed by atoms with E-state index in [4.69, 9.17) is 19.2 Å². The van der Waals surface area contributed by atoms with Crippen LogP contribution >= 0.6 is 0 Å². The molecule has 0 N–H and O–H groups in total. The van der Waals surface area contributed by atoms with Gasteiger partial charge in [-0.25, -0.2) is 0 Å². The number of hydrogen-bond donors (Lipinski definition) is 0. The van der Waals surface area contributed by atoms with Crippen LogP contribution in [-0.4, -0.2) is 13.4 Å². The molecule has 0 saturated carbocycles. The molecule has 0 radical (unpaired) electrons. The molecule has 4 heteroatoms. The van der Waals surface area contributed by atoms with Crippen LogP contribution in [0.3, 0.4) is 0 Å². The molecular formula is C12H14O4. The summed E-state index contributed by atoms with van der Waals surface area (Å²) in [6, 6.07) is 6.10. The number of benzene rings is 1. The van der Waals surface area contributed by atoms with E-state index in [2.05, 4.69) is 13.0 Å². The van der Waals surface area contributed by atoms with Gasteiger partial charge in [0.1, 0.15) is 13.4 Å². The van der Waals surface area contributed by atoms with Crippen LogP contribution in [0.5, 0.6) is 5.75 Å². The van der Waals surface area contributed by atoms with Crippen molar-refractivity contribution in [1.82, 2.24) is 0 Å². The first-order chi connectivity index (χ1) is 7.84. The summed E-state index contributed by atoms with van der Waals surface area (Å²) >= 11 is 0. The zero-order valence-electron chi connectivity index (χ0n) is 9.14. The van der Waals surface area contributed by atoms with Crippen molar-refractivity contribution in [3.8, 4) is 5.75 Å². The molecule has 0 spiro atoms. The van der Waals surface area contributed by atoms with E-state index < -0.39 is 0 Å². The average Bonchev–Trinajstić information content (AvgIpc) is 2.76. The molecule has 1 fully saturated rings. The summed E-state index contributed by atoms with van der Waals surface area (Å²) < 4.78 is 10.9. The highest BCUT2D eigenvalue weighted by Gasteiger charge is 2.26. The minimum absolute atomic E-state index is 0.0863. The van der Waals surface area contributed by atoms with E-state index in [-0.39, 0.29) is 6.10 Å². The fourth-order valence-electron chi connectivity index (χ4n) is 2.13. The molecule has 0 amide bonds. The Labute approximate surface area is 94.0 Å². The molecule has 1 aromatic rings. The summed E-state index contributed by atoms with van der Waals surface area (Å²) in [7, 11) is 0. The smallest absolute Gasteiger partial charge is 0.171 e. The van der Waals surface area contributed by atoms with Gasteiger partial charge in [-0.1, -0.05) is 19.1 Å². The minimum atomic E-state index is 0.0863. The van der Waals surface area contributed by atoms with Gasteiger partial charge in [-0.15, -0.1) is 0 Å². The van der Waals surface area contributed by atoms with Crippen LogP contribution in [0, 0.1) is 5.92 Å². The fourth-order valence-corrected chi connectivity index (χ4v) is 2.13. The van der Waals surface area contributed by atoms with Crippen LogP contribution in [0.4, 0.5) is 0 Å². The highest BCUT2D eigenvalue weighted by atomic mass is 17.2. The van der Waals surface area contributed by atoms with E-state index in [1.165, 1.54) is 0 Å². The number of fused-ring (bicyclic) bond motifs is 1. The Kier molecular flexibility index (Phi) is 2.55. The second-order valence-electron chi connectivity index (χ2n) is 4.27. The van der Waals surface area contributed by atoms with E-state index in [9.17, 15) is 0 Å². The van der Waals surface area contributed by atoms with Gasteiger partial charge < -0.3 is 14.4 Å². The first kappa shape index (κ1) is 10.1. The molecule has 1 saturated heterocycles. The lowest BCUT2D eigenvalue weighted by atomic mass is 9.96. The first-order valence-electron chi connectivity index (χ1n) is 5.46. The highest BCUT2D eigenvalue weighted by molar-refractivity contribution is 5.39. The van der Waals surface area contributed by atoms with Crippen molar-refractivity contribution in [3.63, 3.8) is 0 Å². The predicted molar refractivity (Wildman–Crippen MR) is 55.7 cm³/mol. The van der Waals surface area contributed by atoms with Crippen molar-refractivity contribution in [2.24, 2.45) is 5.92 Å². The second kappa shape index (κ2) is 4.05. The van der Waals surface area contributed by atoms with Crippen molar-refractivity contribution in [1.29, 1.82) is 0 Å². The van der Waals surface area contributed by atoms with Crippen LogP contribution in [0.1, 0.15) is 24.2 Å². The monoisotopic (exact) mass is 222 g/mol. The molecule has 16 heavy (non-hydrogen) atoms.